The highest BCUT2D eigenvalue weighted by molar-refractivity contribution is 6.35. The highest BCUT2D eigenvalue weighted by atomic mass is 35.5. The lowest BCUT2D eigenvalue weighted by Gasteiger charge is -2.14. The number of halogens is 2. The third kappa shape index (κ3) is 2.94. The van der Waals surface area contributed by atoms with Gasteiger partial charge in [0.05, 0.1) is 34.8 Å². The average molecular weight is 427 g/mol. The van der Waals surface area contributed by atoms with Gasteiger partial charge in [0.25, 0.3) is 0 Å². The van der Waals surface area contributed by atoms with E-state index in [9.17, 15) is 4.79 Å². The Bertz CT molecular complexity index is 1310. The summed E-state index contributed by atoms with van der Waals surface area (Å²) in [4.78, 5) is 21.0. The van der Waals surface area contributed by atoms with Gasteiger partial charge in [0.1, 0.15) is 5.82 Å². The van der Waals surface area contributed by atoms with Crippen LogP contribution in [0, 0.1) is 17.7 Å². The number of hydrogen-bond donors (Lipinski definition) is 2. The standard InChI is InChI=1S/C21H20ClFN6O/c1-9(2)16-19(23)18(22)17(12-5-25-28-20(12)16)13-7-29-8-14(26-15(29)6-24-13)27-21(30)11-4-10(11)3/h5-11H,4H2,1-3H3,(H,25,28)(H,27,30). The third-order valence-corrected chi connectivity index (χ3v) is 6.05. The van der Waals surface area contributed by atoms with Crippen LogP contribution in [0.4, 0.5) is 10.2 Å². The summed E-state index contributed by atoms with van der Waals surface area (Å²) in [5, 5.41) is 10.5. The molecule has 0 bridgehead atoms. The van der Waals surface area contributed by atoms with E-state index in [1.807, 2.05) is 20.8 Å². The molecule has 1 amide bonds. The number of aromatic nitrogens is 5. The Morgan fingerprint density at radius 2 is 2.13 bits per heavy atom. The molecular formula is C21H20ClFN6O. The number of fused-ring (bicyclic) bond motifs is 2. The third-order valence-electron chi connectivity index (χ3n) is 5.70. The monoisotopic (exact) mass is 426 g/mol. The number of rotatable bonds is 4. The fourth-order valence-electron chi connectivity index (χ4n) is 3.92. The summed E-state index contributed by atoms with van der Waals surface area (Å²) in [5.41, 5.74) is 2.63. The van der Waals surface area contributed by atoms with Gasteiger partial charge in [0.15, 0.2) is 11.5 Å². The van der Waals surface area contributed by atoms with E-state index >= 15 is 4.39 Å². The molecule has 7 nitrogen and oxygen atoms in total. The molecule has 1 saturated carbocycles. The molecule has 0 spiro atoms. The first-order valence-corrected chi connectivity index (χ1v) is 10.2. The van der Waals surface area contributed by atoms with E-state index in [-0.39, 0.29) is 22.8 Å². The Hall–Kier alpha value is -3.00. The van der Waals surface area contributed by atoms with Crippen LogP contribution in [0.25, 0.3) is 27.8 Å². The van der Waals surface area contributed by atoms with Crippen LogP contribution in [0.2, 0.25) is 5.02 Å². The van der Waals surface area contributed by atoms with Crippen molar-refractivity contribution in [2.75, 3.05) is 5.32 Å². The van der Waals surface area contributed by atoms with Crippen molar-refractivity contribution < 1.29 is 9.18 Å². The molecule has 1 aromatic carbocycles. The SMILES string of the molecule is CC(C)c1c(F)c(Cl)c(-c2cn3cc(NC(=O)C4CC4C)nc3cn2)c2cn[nH]c12. The topological polar surface area (TPSA) is 88.0 Å². The van der Waals surface area contributed by atoms with Crippen LogP contribution in [0.15, 0.2) is 24.8 Å². The van der Waals surface area contributed by atoms with Crippen molar-refractivity contribution in [3.8, 4) is 11.3 Å². The molecule has 154 valence electrons. The molecule has 0 aliphatic heterocycles. The molecule has 30 heavy (non-hydrogen) atoms. The molecular weight excluding hydrogens is 407 g/mol. The molecule has 1 aliphatic rings. The van der Waals surface area contributed by atoms with Crippen LogP contribution in [0.3, 0.4) is 0 Å². The second kappa shape index (κ2) is 6.77. The quantitative estimate of drug-likeness (QED) is 0.491. The lowest BCUT2D eigenvalue weighted by Crippen LogP contribution is -2.14. The Balaban J connectivity index is 1.59. The molecule has 1 fully saturated rings. The van der Waals surface area contributed by atoms with E-state index < -0.39 is 5.82 Å². The predicted octanol–water partition coefficient (Wildman–Crippen LogP) is 4.78. The van der Waals surface area contributed by atoms with E-state index in [1.165, 1.54) is 0 Å². The van der Waals surface area contributed by atoms with Gasteiger partial charge in [-0.3, -0.25) is 14.9 Å². The first-order chi connectivity index (χ1) is 14.3. The first kappa shape index (κ1) is 19.0. The summed E-state index contributed by atoms with van der Waals surface area (Å²) in [5.74, 6) is 0.367. The van der Waals surface area contributed by atoms with Crippen molar-refractivity contribution >= 4 is 39.9 Å². The van der Waals surface area contributed by atoms with Crippen molar-refractivity contribution in [1.82, 2.24) is 24.6 Å². The largest absolute Gasteiger partial charge is 0.309 e. The number of anilines is 1. The minimum Gasteiger partial charge on any atom is -0.309 e. The summed E-state index contributed by atoms with van der Waals surface area (Å²) in [7, 11) is 0. The number of carbonyl (C=O) groups is 1. The Labute approximate surface area is 176 Å². The van der Waals surface area contributed by atoms with Crippen molar-refractivity contribution in [2.45, 2.75) is 33.1 Å². The highest BCUT2D eigenvalue weighted by Crippen LogP contribution is 2.41. The summed E-state index contributed by atoms with van der Waals surface area (Å²) in [6, 6.07) is 0. The van der Waals surface area contributed by atoms with E-state index in [4.69, 9.17) is 11.6 Å². The lowest BCUT2D eigenvalue weighted by atomic mass is 9.96. The summed E-state index contributed by atoms with van der Waals surface area (Å²) >= 11 is 6.45. The number of nitrogens with one attached hydrogen (secondary N) is 2. The van der Waals surface area contributed by atoms with Gasteiger partial charge in [0, 0.05) is 28.6 Å². The van der Waals surface area contributed by atoms with E-state index in [0.717, 1.165) is 6.42 Å². The fourth-order valence-corrected chi connectivity index (χ4v) is 4.22. The number of carbonyl (C=O) groups excluding carboxylic acids is 1. The van der Waals surface area contributed by atoms with Gasteiger partial charge in [-0.1, -0.05) is 32.4 Å². The zero-order valence-corrected chi connectivity index (χ0v) is 17.5. The highest BCUT2D eigenvalue weighted by Gasteiger charge is 2.39. The molecule has 0 radical (unpaired) electrons. The number of hydrogen-bond acceptors (Lipinski definition) is 4. The molecule has 2 atom stereocenters. The van der Waals surface area contributed by atoms with Crippen molar-refractivity contribution in [2.24, 2.45) is 11.8 Å². The van der Waals surface area contributed by atoms with Crippen LogP contribution >= 0.6 is 11.6 Å². The number of H-pyrrole nitrogens is 1. The van der Waals surface area contributed by atoms with Crippen LogP contribution in [0.5, 0.6) is 0 Å². The van der Waals surface area contributed by atoms with Crippen molar-refractivity contribution in [1.29, 1.82) is 0 Å². The Morgan fingerprint density at radius 3 is 2.83 bits per heavy atom. The molecule has 9 heteroatoms. The predicted molar refractivity (Wildman–Crippen MR) is 113 cm³/mol. The summed E-state index contributed by atoms with van der Waals surface area (Å²) in [6.45, 7) is 5.86. The molecule has 2 N–H and O–H groups in total. The number of imidazole rings is 1. The van der Waals surface area contributed by atoms with Crippen LogP contribution in [-0.2, 0) is 4.79 Å². The second-order valence-electron chi connectivity index (χ2n) is 8.20. The smallest absolute Gasteiger partial charge is 0.228 e. The normalized spacial score (nSPS) is 18.5. The zero-order valence-electron chi connectivity index (χ0n) is 16.7. The maximum absolute atomic E-state index is 15.1. The van der Waals surface area contributed by atoms with E-state index in [0.29, 0.717) is 45.1 Å². The number of aromatic amines is 1. The van der Waals surface area contributed by atoms with Crippen LogP contribution in [0.1, 0.15) is 38.7 Å². The minimum absolute atomic E-state index is 0.0100. The van der Waals surface area contributed by atoms with E-state index in [2.05, 4.69) is 25.5 Å². The van der Waals surface area contributed by atoms with E-state index in [1.54, 1.807) is 29.2 Å². The fraction of sp³-hybridized carbons (Fsp3) is 0.333. The summed E-state index contributed by atoms with van der Waals surface area (Å²) in [6.07, 6.45) is 7.54. The molecule has 4 aromatic rings. The van der Waals surface area contributed by atoms with Crippen molar-refractivity contribution in [3.05, 3.63) is 41.2 Å². The molecule has 3 heterocycles. The first-order valence-electron chi connectivity index (χ1n) is 9.85. The molecule has 5 rings (SSSR count). The van der Waals surface area contributed by atoms with Gasteiger partial charge in [-0.25, -0.2) is 9.37 Å². The van der Waals surface area contributed by atoms with Gasteiger partial charge in [-0.15, -0.1) is 0 Å². The van der Waals surface area contributed by atoms with Gasteiger partial charge in [-0.05, 0) is 18.3 Å². The Morgan fingerprint density at radius 1 is 1.37 bits per heavy atom. The van der Waals surface area contributed by atoms with Crippen LogP contribution in [-0.4, -0.2) is 30.5 Å². The van der Waals surface area contributed by atoms with Gasteiger partial charge >= 0.3 is 0 Å². The maximum Gasteiger partial charge on any atom is 0.228 e. The average Bonchev–Trinajstić information content (AvgIpc) is 3.08. The number of benzene rings is 1. The molecule has 1 aliphatic carbocycles. The van der Waals surface area contributed by atoms with Crippen LogP contribution < -0.4 is 5.32 Å². The summed E-state index contributed by atoms with van der Waals surface area (Å²) < 4.78 is 16.8. The second-order valence-corrected chi connectivity index (χ2v) is 8.58. The van der Waals surface area contributed by atoms with Gasteiger partial charge in [0.2, 0.25) is 5.91 Å². The zero-order chi connectivity index (χ0) is 21.2. The number of nitrogens with zero attached hydrogens (tertiary/aromatic N) is 4. The maximum atomic E-state index is 15.1. The van der Waals surface area contributed by atoms with Crippen molar-refractivity contribution in [3.63, 3.8) is 0 Å². The van der Waals surface area contributed by atoms with Gasteiger partial charge < -0.3 is 9.72 Å². The number of amides is 1. The molecule has 0 saturated heterocycles. The molecule has 2 unspecified atom stereocenters. The van der Waals surface area contributed by atoms with Gasteiger partial charge in [-0.2, -0.15) is 5.10 Å². The Kier molecular flexibility index (Phi) is 4.28. The lowest BCUT2D eigenvalue weighted by molar-refractivity contribution is -0.117. The molecule has 3 aromatic heterocycles. The minimum atomic E-state index is -0.475.